The van der Waals surface area contributed by atoms with Gasteiger partial charge in [-0.05, 0) is 108 Å². The van der Waals surface area contributed by atoms with Crippen molar-refractivity contribution < 1.29 is 23.1 Å². The maximum Gasteiger partial charge on any atom is 0.261 e. The number of aromatic nitrogens is 1. The molecule has 4 aromatic rings. The van der Waals surface area contributed by atoms with Gasteiger partial charge in [-0.2, -0.15) is 0 Å². The summed E-state index contributed by atoms with van der Waals surface area (Å²) in [6, 6.07) is 27.1. The van der Waals surface area contributed by atoms with Crippen molar-refractivity contribution in [2.45, 2.75) is 82.4 Å². The van der Waals surface area contributed by atoms with Crippen LogP contribution in [-0.2, 0) is 18.7 Å². The molecule has 1 aromatic heterocycles. The Labute approximate surface area is 308 Å². The van der Waals surface area contributed by atoms with Crippen LogP contribution in [0.15, 0.2) is 85.1 Å². The summed E-state index contributed by atoms with van der Waals surface area (Å²) in [7, 11) is -2.79. The second-order valence-electron chi connectivity index (χ2n) is 16.9. The molecule has 274 valence electrons. The van der Waals surface area contributed by atoms with Crippen molar-refractivity contribution in [1.29, 1.82) is 0 Å². The van der Waals surface area contributed by atoms with Crippen LogP contribution in [0.1, 0.15) is 71.3 Å². The van der Waals surface area contributed by atoms with Crippen LogP contribution >= 0.6 is 0 Å². The van der Waals surface area contributed by atoms with Gasteiger partial charge in [0.2, 0.25) is 5.91 Å². The van der Waals surface area contributed by atoms with Crippen molar-refractivity contribution in [2.75, 3.05) is 44.8 Å². The fraction of sp³-hybridized carbons (Fsp3) is 0.488. The zero-order valence-electron chi connectivity index (χ0n) is 31.0. The quantitative estimate of drug-likeness (QED) is 0.197. The highest BCUT2D eigenvalue weighted by atomic mass is 28.4. The second kappa shape index (κ2) is 13.7. The molecule has 4 fully saturated rings. The lowest BCUT2D eigenvalue weighted by Crippen LogP contribution is -2.70. The number of halogens is 1. The van der Waals surface area contributed by atoms with Gasteiger partial charge >= 0.3 is 0 Å². The van der Waals surface area contributed by atoms with Crippen molar-refractivity contribution in [3.63, 3.8) is 0 Å². The van der Waals surface area contributed by atoms with E-state index in [1.807, 2.05) is 12.1 Å². The van der Waals surface area contributed by atoms with Gasteiger partial charge in [0.05, 0.1) is 24.9 Å². The maximum atomic E-state index is 15.7. The smallest absolute Gasteiger partial charge is 0.261 e. The van der Waals surface area contributed by atoms with Crippen LogP contribution in [-0.4, -0.2) is 75.3 Å². The molecule has 1 spiro atoms. The predicted octanol–water partition coefficient (Wildman–Crippen LogP) is 7.04. The highest BCUT2D eigenvalue weighted by Crippen LogP contribution is 2.59. The Morgan fingerprint density at radius 1 is 0.942 bits per heavy atom. The third-order valence-corrected chi connectivity index (χ3v) is 17.9. The van der Waals surface area contributed by atoms with Crippen LogP contribution in [0.2, 0.25) is 5.04 Å². The number of carbonyl (C=O) groups is 1. The van der Waals surface area contributed by atoms with Crippen molar-refractivity contribution in [3.8, 4) is 0 Å². The first-order valence-electron chi connectivity index (χ1n) is 19.1. The summed E-state index contributed by atoms with van der Waals surface area (Å²) in [5.74, 6) is 0.481. The second-order valence-corrected chi connectivity index (χ2v) is 21.2. The first-order valence-corrected chi connectivity index (χ1v) is 21.0. The average Bonchev–Trinajstić information content (AvgIpc) is 3.71. The molecule has 0 radical (unpaired) electrons. The van der Waals surface area contributed by atoms with Crippen molar-refractivity contribution in [2.24, 2.45) is 11.3 Å². The van der Waals surface area contributed by atoms with Gasteiger partial charge in [0, 0.05) is 30.7 Å². The average molecular weight is 722 g/mol. The summed E-state index contributed by atoms with van der Waals surface area (Å²) < 4.78 is 35.2. The molecular weight excluding hydrogens is 670 g/mol. The molecule has 4 aliphatic rings. The number of amides is 1. The van der Waals surface area contributed by atoms with Gasteiger partial charge in [-0.15, -0.1) is 0 Å². The molecule has 1 saturated carbocycles. The zero-order valence-corrected chi connectivity index (χ0v) is 32.0. The largest absolute Gasteiger partial charge is 0.400 e. The number of pyridine rings is 1. The van der Waals surface area contributed by atoms with E-state index in [1.165, 1.54) is 10.4 Å². The highest BCUT2D eigenvalue weighted by Gasteiger charge is 2.58. The standard InChI is InChI=1S/C43H52FN3O4Si/c1-41(2,3)52(33-11-7-5-8-12-33,34-13-9-6-10-14-34)51-38-28-50-29-42(38,4)47-19-15-30(16-20-47)35-23-31-25-39(45-27-32(31)24-37(35)44)46-40(48)36-26-43(36)17-21-49-22-18-43/h5-14,23-25,27,30,36,38H,15-22,26,28-29H2,1-4H3,(H,45,46,48). The number of benzene rings is 3. The number of likely N-dealkylation sites (tertiary alicyclic amines) is 1. The summed E-state index contributed by atoms with van der Waals surface area (Å²) in [4.78, 5) is 20.2. The Kier molecular flexibility index (Phi) is 9.39. The monoisotopic (exact) mass is 721 g/mol. The summed E-state index contributed by atoms with van der Waals surface area (Å²) in [5.41, 5.74) is 0.523. The first-order chi connectivity index (χ1) is 25.0. The molecule has 52 heavy (non-hydrogen) atoms. The Bertz CT molecular complexity index is 1870. The highest BCUT2D eigenvalue weighted by molar-refractivity contribution is 6.99. The van der Waals surface area contributed by atoms with Crippen LogP contribution in [0.5, 0.6) is 0 Å². The van der Waals surface area contributed by atoms with Gasteiger partial charge in [0.1, 0.15) is 11.6 Å². The molecule has 3 aliphatic heterocycles. The van der Waals surface area contributed by atoms with Gasteiger partial charge in [-0.1, -0.05) is 81.4 Å². The van der Waals surface area contributed by atoms with Crippen molar-refractivity contribution in [1.82, 2.24) is 9.88 Å². The van der Waals surface area contributed by atoms with E-state index in [0.29, 0.717) is 19.0 Å². The van der Waals surface area contributed by atoms with Gasteiger partial charge in [-0.3, -0.25) is 9.69 Å². The van der Waals surface area contributed by atoms with E-state index in [-0.39, 0.29) is 45.7 Å². The van der Waals surface area contributed by atoms with Crippen molar-refractivity contribution in [3.05, 3.63) is 96.4 Å². The lowest BCUT2D eigenvalue weighted by molar-refractivity contribution is -0.118. The zero-order chi connectivity index (χ0) is 36.1. The molecule has 3 atom stereocenters. The molecular formula is C43H52FN3O4Si. The number of nitrogens with one attached hydrogen (secondary N) is 1. The molecule has 1 amide bonds. The number of ether oxygens (including phenoxy) is 2. The molecule has 3 aromatic carbocycles. The fourth-order valence-corrected chi connectivity index (χ4v) is 14.3. The lowest BCUT2D eigenvalue weighted by atomic mass is 9.85. The van der Waals surface area contributed by atoms with E-state index < -0.39 is 8.32 Å². The number of rotatable bonds is 8. The number of piperidine rings is 1. The van der Waals surface area contributed by atoms with E-state index in [4.69, 9.17) is 13.9 Å². The normalized spacial score (nSPS) is 25.4. The Hall–Kier alpha value is -3.47. The molecule has 1 aliphatic carbocycles. The number of carbonyl (C=O) groups excluding carboxylic acids is 1. The van der Waals surface area contributed by atoms with Gasteiger partial charge in [0.15, 0.2) is 0 Å². The van der Waals surface area contributed by atoms with Crippen LogP contribution in [0.4, 0.5) is 10.2 Å². The predicted molar refractivity (Wildman–Crippen MR) is 206 cm³/mol. The third kappa shape index (κ3) is 6.32. The van der Waals surface area contributed by atoms with Gasteiger partial charge in [-0.25, -0.2) is 9.37 Å². The molecule has 1 N–H and O–H groups in total. The number of hydrogen-bond acceptors (Lipinski definition) is 6. The van der Waals surface area contributed by atoms with Crippen LogP contribution in [0.25, 0.3) is 10.8 Å². The molecule has 4 heterocycles. The van der Waals surface area contributed by atoms with E-state index in [0.717, 1.165) is 74.7 Å². The SMILES string of the molecule is CC1(N2CCC(c3cc4cc(NC(=O)C5CC56CCOCC6)ncc4cc3F)CC2)COCC1O[Si](c1ccccc1)(c1ccccc1)C(C)(C)C. The topological polar surface area (TPSA) is 72.9 Å². The van der Waals surface area contributed by atoms with Crippen LogP contribution < -0.4 is 15.7 Å². The Morgan fingerprint density at radius 2 is 1.60 bits per heavy atom. The fourth-order valence-electron chi connectivity index (χ4n) is 9.53. The first kappa shape index (κ1) is 35.6. The number of anilines is 1. The molecule has 7 nitrogen and oxygen atoms in total. The number of fused-ring (bicyclic) bond motifs is 1. The van der Waals surface area contributed by atoms with Crippen LogP contribution in [0.3, 0.4) is 0 Å². The molecule has 3 unspecified atom stereocenters. The van der Waals surface area contributed by atoms with Gasteiger partial charge < -0.3 is 19.2 Å². The Balaban J connectivity index is 0.992. The minimum atomic E-state index is -2.79. The van der Waals surface area contributed by atoms with E-state index in [1.54, 1.807) is 12.3 Å². The molecule has 9 heteroatoms. The summed E-state index contributed by atoms with van der Waals surface area (Å²) in [6.07, 6.45) is 6.03. The minimum Gasteiger partial charge on any atom is -0.400 e. The summed E-state index contributed by atoms with van der Waals surface area (Å²) >= 11 is 0. The maximum absolute atomic E-state index is 15.7. The molecule has 8 rings (SSSR count). The Morgan fingerprint density at radius 3 is 2.23 bits per heavy atom. The number of nitrogens with zero attached hydrogens (tertiary/aromatic N) is 2. The van der Waals surface area contributed by atoms with Crippen molar-refractivity contribution >= 4 is 41.2 Å². The lowest BCUT2D eigenvalue weighted by Gasteiger charge is -2.50. The third-order valence-electron chi connectivity index (χ3n) is 12.8. The van der Waals surface area contributed by atoms with Gasteiger partial charge in [0.25, 0.3) is 8.32 Å². The van der Waals surface area contributed by atoms with E-state index in [9.17, 15) is 4.79 Å². The van der Waals surface area contributed by atoms with Crippen LogP contribution in [0, 0.1) is 17.2 Å². The van der Waals surface area contributed by atoms with E-state index >= 15 is 4.39 Å². The number of hydrogen-bond donors (Lipinski definition) is 1. The minimum absolute atomic E-state index is 0.0175. The summed E-state index contributed by atoms with van der Waals surface area (Å²) in [5, 5.41) is 7.09. The molecule has 3 saturated heterocycles. The molecule has 0 bridgehead atoms. The van der Waals surface area contributed by atoms with E-state index in [2.05, 4.69) is 104 Å². The summed E-state index contributed by atoms with van der Waals surface area (Å²) in [6.45, 7) is 13.5.